The van der Waals surface area contributed by atoms with Crippen molar-refractivity contribution in [3.63, 3.8) is 0 Å². The summed E-state index contributed by atoms with van der Waals surface area (Å²) in [7, 11) is 6.63. The molecule has 2 aromatic carbocycles. The molecule has 0 heterocycles. The number of aliphatic imine (C=N–C) groups is 1. The van der Waals surface area contributed by atoms with E-state index in [9.17, 15) is 0 Å². The average Bonchev–Trinajstić information content (AvgIpc) is 2.70. The predicted molar refractivity (Wildman–Crippen MR) is 104 cm³/mol. The van der Waals surface area contributed by atoms with E-state index in [-0.39, 0.29) is 0 Å². The van der Waals surface area contributed by atoms with Gasteiger partial charge in [0.2, 0.25) is 0 Å². The molecule has 0 spiro atoms. The van der Waals surface area contributed by atoms with Gasteiger partial charge in [-0.05, 0) is 12.0 Å². The van der Waals surface area contributed by atoms with E-state index in [1.807, 2.05) is 30.3 Å². The van der Waals surface area contributed by atoms with Crippen molar-refractivity contribution >= 4 is 5.96 Å². The highest BCUT2D eigenvalue weighted by Crippen LogP contribution is 2.33. The molecule has 0 aliphatic carbocycles. The Labute approximate surface area is 155 Å². The topological polar surface area (TPSA) is 64.1 Å². The monoisotopic (exact) mass is 357 g/mol. The third kappa shape index (κ3) is 5.31. The number of nitrogens with one attached hydrogen (secondary N) is 2. The Morgan fingerprint density at radius 2 is 1.58 bits per heavy atom. The summed E-state index contributed by atoms with van der Waals surface area (Å²) in [6.07, 6.45) is 0.927. The van der Waals surface area contributed by atoms with Crippen molar-refractivity contribution in [1.82, 2.24) is 10.6 Å². The molecule has 140 valence electrons. The van der Waals surface area contributed by atoms with Crippen LogP contribution in [-0.4, -0.2) is 40.9 Å². The fraction of sp³-hybridized carbons (Fsp3) is 0.350. The van der Waals surface area contributed by atoms with E-state index in [1.165, 1.54) is 5.56 Å². The van der Waals surface area contributed by atoms with Crippen molar-refractivity contribution in [2.24, 2.45) is 4.99 Å². The molecule has 0 aliphatic heterocycles. The summed E-state index contributed by atoms with van der Waals surface area (Å²) in [4.78, 5) is 4.27. The first-order valence-corrected chi connectivity index (χ1v) is 8.49. The molecule has 0 saturated carbocycles. The van der Waals surface area contributed by atoms with Crippen LogP contribution in [0.1, 0.15) is 11.1 Å². The number of rotatable bonds is 8. The zero-order chi connectivity index (χ0) is 18.8. The summed E-state index contributed by atoms with van der Waals surface area (Å²) in [5.74, 6) is 2.82. The van der Waals surface area contributed by atoms with Crippen molar-refractivity contribution in [1.29, 1.82) is 0 Å². The van der Waals surface area contributed by atoms with Crippen LogP contribution < -0.4 is 24.8 Å². The van der Waals surface area contributed by atoms with Gasteiger partial charge in [0.25, 0.3) is 0 Å². The van der Waals surface area contributed by atoms with Crippen molar-refractivity contribution in [3.8, 4) is 17.2 Å². The van der Waals surface area contributed by atoms with Crippen molar-refractivity contribution in [2.75, 3.05) is 34.9 Å². The Kier molecular flexibility index (Phi) is 7.61. The highest BCUT2D eigenvalue weighted by molar-refractivity contribution is 5.79. The molecule has 2 N–H and O–H groups in total. The SMILES string of the molecule is CN=C(NCCc1ccccc1)NCc1c(OC)cc(OC)cc1OC. The van der Waals surface area contributed by atoms with Crippen LogP contribution in [0, 0.1) is 0 Å². The molecule has 0 radical (unpaired) electrons. The number of ether oxygens (including phenoxy) is 3. The minimum absolute atomic E-state index is 0.515. The van der Waals surface area contributed by atoms with E-state index in [4.69, 9.17) is 14.2 Å². The number of guanidine groups is 1. The van der Waals surface area contributed by atoms with Crippen LogP contribution in [0.15, 0.2) is 47.5 Å². The van der Waals surface area contributed by atoms with Gasteiger partial charge in [0, 0.05) is 25.7 Å². The van der Waals surface area contributed by atoms with Gasteiger partial charge in [-0.2, -0.15) is 0 Å². The largest absolute Gasteiger partial charge is 0.496 e. The predicted octanol–water partition coefficient (Wildman–Crippen LogP) is 2.62. The highest BCUT2D eigenvalue weighted by atomic mass is 16.5. The summed E-state index contributed by atoms with van der Waals surface area (Å²) in [5, 5.41) is 6.62. The Balaban J connectivity index is 1.97. The van der Waals surface area contributed by atoms with Gasteiger partial charge < -0.3 is 24.8 Å². The number of methoxy groups -OCH3 is 3. The standard InChI is InChI=1S/C20H27N3O3/c1-21-20(22-11-10-15-8-6-5-7-9-15)23-14-17-18(25-3)12-16(24-2)13-19(17)26-4/h5-9,12-13H,10-11,14H2,1-4H3,(H2,21,22,23). The second-order valence-corrected chi connectivity index (χ2v) is 5.60. The second kappa shape index (κ2) is 10.2. The van der Waals surface area contributed by atoms with Gasteiger partial charge in [0.05, 0.1) is 33.4 Å². The summed E-state index contributed by atoms with van der Waals surface area (Å²) < 4.78 is 16.2. The molecule has 0 aromatic heterocycles. The third-order valence-corrected chi connectivity index (χ3v) is 4.02. The van der Waals surface area contributed by atoms with Gasteiger partial charge in [-0.3, -0.25) is 4.99 Å². The van der Waals surface area contributed by atoms with E-state index >= 15 is 0 Å². The highest BCUT2D eigenvalue weighted by Gasteiger charge is 2.13. The first-order valence-electron chi connectivity index (χ1n) is 8.49. The minimum atomic E-state index is 0.515. The Bertz CT molecular complexity index is 692. The molecule has 0 aliphatic rings. The summed E-state index contributed by atoms with van der Waals surface area (Å²) in [6.45, 7) is 1.31. The lowest BCUT2D eigenvalue weighted by Crippen LogP contribution is -2.38. The maximum atomic E-state index is 5.47. The summed E-state index contributed by atoms with van der Waals surface area (Å²) >= 11 is 0. The lowest BCUT2D eigenvalue weighted by molar-refractivity contribution is 0.368. The minimum Gasteiger partial charge on any atom is -0.496 e. The lowest BCUT2D eigenvalue weighted by atomic mass is 10.1. The van der Waals surface area contributed by atoms with Crippen molar-refractivity contribution in [2.45, 2.75) is 13.0 Å². The second-order valence-electron chi connectivity index (χ2n) is 5.60. The van der Waals surface area contributed by atoms with Crippen molar-refractivity contribution in [3.05, 3.63) is 53.6 Å². The van der Waals surface area contributed by atoms with E-state index < -0.39 is 0 Å². The fourth-order valence-corrected chi connectivity index (χ4v) is 2.61. The normalized spacial score (nSPS) is 11.0. The van der Waals surface area contributed by atoms with E-state index in [0.717, 1.165) is 24.5 Å². The maximum absolute atomic E-state index is 5.47. The molecule has 2 rings (SSSR count). The molecule has 26 heavy (non-hydrogen) atoms. The number of benzene rings is 2. The van der Waals surface area contributed by atoms with Gasteiger partial charge in [0.1, 0.15) is 17.2 Å². The Hall–Kier alpha value is -2.89. The van der Waals surface area contributed by atoms with Gasteiger partial charge in [-0.1, -0.05) is 30.3 Å². The number of hydrogen-bond donors (Lipinski definition) is 2. The van der Waals surface area contributed by atoms with Crippen LogP contribution >= 0.6 is 0 Å². The summed E-state index contributed by atoms with van der Waals surface area (Å²) in [5.41, 5.74) is 2.19. The molecule has 0 amide bonds. The van der Waals surface area contributed by atoms with Gasteiger partial charge in [0.15, 0.2) is 5.96 Å². The van der Waals surface area contributed by atoms with Gasteiger partial charge in [-0.15, -0.1) is 0 Å². The first-order chi connectivity index (χ1) is 12.7. The Morgan fingerprint density at radius 1 is 0.923 bits per heavy atom. The molecular weight excluding hydrogens is 330 g/mol. The van der Waals surface area contributed by atoms with Crippen LogP contribution in [0.4, 0.5) is 0 Å². The molecule has 0 bridgehead atoms. The third-order valence-electron chi connectivity index (χ3n) is 4.02. The molecule has 6 nitrogen and oxygen atoms in total. The van der Waals surface area contributed by atoms with Crippen LogP contribution in [0.5, 0.6) is 17.2 Å². The summed E-state index contributed by atoms with van der Waals surface area (Å²) in [6, 6.07) is 14.0. The van der Waals surface area contributed by atoms with E-state index in [0.29, 0.717) is 23.8 Å². The average molecular weight is 357 g/mol. The van der Waals surface area contributed by atoms with Crippen LogP contribution in [0.2, 0.25) is 0 Å². The number of hydrogen-bond acceptors (Lipinski definition) is 4. The molecule has 0 unspecified atom stereocenters. The Morgan fingerprint density at radius 3 is 2.12 bits per heavy atom. The molecular formula is C20H27N3O3. The zero-order valence-electron chi connectivity index (χ0n) is 15.8. The van der Waals surface area contributed by atoms with Crippen molar-refractivity contribution < 1.29 is 14.2 Å². The van der Waals surface area contributed by atoms with Crippen LogP contribution in [0.3, 0.4) is 0 Å². The van der Waals surface area contributed by atoms with Gasteiger partial charge >= 0.3 is 0 Å². The fourth-order valence-electron chi connectivity index (χ4n) is 2.61. The number of nitrogens with zero attached hydrogens (tertiary/aromatic N) is 1. The molecule has 0 atom stereocenters. The van der Waals surface area contributed by atoms with Crippen LogP contribution in [-0.2, 0) is 13.0 Å². The molecule has 2 aromatic rings. The quantitative estimate of drug-likeness (QED) is 0.562. The zero-order valence-corrected chi connectivity index (χ0v) is 15.8. The first kappa shape index (κ1) is 19.4. The van der Waals surface area contributed by atoms with E-state index in [2.05, 4.69) is 27.8 Å². The smallest absolute Gasteiger partial charge is 0.191 e. The maximum Gasteiger partial charge on any atom is 0.191 e. The molecule has 0 saturated heterocycles. The van der Waals surface area contributed by atoms with Crippen LogP contribution in [0.25, 0.3) is 0 Å². The molecule has 6 heteroatoms. The lowest BCUT2D eigenvalue weighted by Gasteiger charge is -2.17. The molecule has 0 fully saturated rings. The van der Waals surface area contributed by atoms with E-state index in [1.54, 1.807) is 28.4 Å². The van der Waals surface area contributed by atoms with Gasteiger partial charge in [-0.25, -0.2) is 0 Å².